The predicted molar refractivity (Wildman–Crippen MR) is 84.1 cm³/mol. The van der Waals surface area contributed by atoms with Crippen LogP contribution >= 0.6 is 0 Å². The Hall–Kier alpha value is -0.900. The fourth-order valence-corrected chi connectivity index (χ4v) is 1.86. The van der Waals surface area contributed by atoms with Gasteiger partial charge in [-0.3, -0.25) is 9.59 Å². The molecule has 0 fully saturated rings. The largest absolute Gasteiger partial charge is 0.465 e. The minimum absolute atomic E-state index is 0.00120. The summed E-state index contributed by atoms with van der Waals surface area (Å²) in [6.45, 7) is 15.8. The van der Waals surface area contributed by atoms with Crippen molar-refractivity contribution in [2.24, 2.45) is 17.3 Å². The van der Waals surface area contributed by atoms with Gasteiger partial charge in [0, 0.05) is 17.8 Å². The molecule has 0 aromatic rings. The fraction of sp³-hybridized carbons (Fsp3) is 0.882. The molecule has 0 spiro atoms. The normalized spacial score (nSPS) is 12.9. The summed E-state index contributed by atoms with van der Waals surface area (Å²) in [5.74, 6) is -0.110. The summed E-state index contributed by atoms with van der Waals surface area (Å²) in [7, 11) is 0. The van der Waals surface area contributed by atoms with Crippen LogP contribution in [0.2, 0.25) is 0 Å². The third kappa shape index (κ3) is 7.60. The highest BCUT2D eigenvalue weighted by Crippen LogP contribution is 2.25. The second-order valence-corrected chi connectivity index (χ2v) is 7.52. The third-order valence-corrected chi connectivity index (χ3v) is 3.44. The van der Waals surface area contributed by atoms with Crippen molar-refractivity contribution < 1.29 is 19.1 Å². The highest BCUT2D eigenvalue weighted by Gasteiger charge is 2.32. The number of ether oxygens (including phenoxy) is 2. The number of hydrogen-bond acceptors (Lipinski definition) is 4. The molecule has 4 nitrogen and oxygen atoms in total. The van der Waals surface area contributed by atoms with Crippen LogP contribution in [0.1, 0.15) is 61.8 Å². The highest BCUT2D eigenvalue weighted by atomic mass is 16.5. The summed E-state index contributed by atoms with van der Waals surface area (Å²) < 4.78 is 11.1. The summed E-state index contributed by atoms with van der Waals surface area (Å²) in [4.78, 5) is 23.5. The average molecular weight is 300 g/mol. The van der Waals surface area contributed by atoms with Crippen LogP contribution in [0.3, 0.4) is 0 Å². The van der Waals surface area contributed by atoms with E-state index in [1.54, 1.807) is 0 Å². The van der Waals surface area contributed by atoms with Crippen LogP contribution in [0.5, 0.6) is 0 Å². The van der Waals surface area contributed by atoms with E-state index in [-0.39, 0.29) is 23.6 Å². The lowest BCUT2D eigenvalue weighted by Crippen LogP contribution is -2.38. The van der Waals surface area contributed by atoms with Crippen LogP contribution < -0.4 is 0 Å². The van der Waals surface area contributed by atoms with Crippen molar-refractivity contribution in [3.05, 3.63) is 0 Å². The number of rotatable bonds is 9. The molecule has 0 radical (unpaired) electrons. The Morgan fingerprint density at radius 1 is 0.952 bits per heavy atom. The Bertz CT molecular complexity index is 354. The fourth-order valence-electron chi connectivity index (χ4n) is 1.86. The van der Waals surface area contributed by atoms with Gasteiger partial charge in [-0.2, -0.15) is 0 Å². The molecule has 124 valence electrons. The summed E-state index contributed by atoms with van der Waals surface area (Å²) >= 11 is 0. The quantitative estimate of drug-likeness (QED) is 0.610. The standard InChI is InChI=1S/C17H32O4/c1-12(2)14(18)16(5,6)11-21-17(7,8)9-10-20-15(19)13(3)4/h12-13H,9-11H2,1-8H3. The Kier molecular flexibility index (Phi) is 7.58. The molecule has 0 aliphatic heterocycles. The molecule has 0 aliphatic rings. The predicted octanol–water partition coefficient (Wildman–Crippen LogP) is 3.62. The Morgan fingerprint density at radius 3 is 1.90 bits per heavy atom. The van der Waals surface area contributed by atoms with Crippen molar-refractivity contribution in [3.8, 4) is 0 Å². The van der Waals surface area contributed by atoms with E-state index in [0.29, 0.717) is 19.6 Å². The number of esters is 1. The number of ketones is 1. The van der Waals surface area contributed by atoms with E-state index in [4.69, 9.17) is 9.47 Å². The summed E-state index contributed by atoms with van der Waals surface area (Å²) in [5, 5.41) is 0. The maximum absolute atomic E-state index is 12.1. The van der Waals surface area contributed by atoms with Gasteiger partial charge in [0.2, 0.25) is 0 Å². The van der Waals surface area contributed by atoms with Gasteiger partial charge in [-0.05, 0) is 13.8 Å². The molecule has 0 rings (SSSR count). The molecular formula is C17H32O4. The average Bonchev–Trinajstić information content (AvgIpc) is 2.35. The molecule has 0 aliphatic carbocycles. The van der Waals surface area contributed by atoms with Gasteiger partial charge in [-0.1, -0.05) is 41.5 Å². The van der Waals surface area contributed by atoms with E-state index in [2.05, 4.69) is 0 Å². The number of carbonyl (C=O) groups is 2. The van der Waals surface area contributed by atoms with Crippen LogP contribution in [0.15, 0.2) is 0 Å². The smallest absolute Gasteiger partial charge is 0.308 e. The van der Waals surface area contributed by atoms with Crippen molar-refractivity contribution in [1.82, 2.24) is 0 Å². The van der Waals surface area contributed by atoms with Crippen LogP contribution in [-0.4, -0.2) is 30.6 Å². The lowest BCUT2D eigenvalue weighted by Gasteiger charge is -2.32. The first-order valence-electron chi connectivity index (χ1n) is 7.74. The second-order valence-electron chi connectivity index (χ2n) is 7.52. The van der Waals surface area contributed by atoms with Gasteiger partial charge in [0.25, 0.3) is 0 Å². The number of Topliss-reactive ketones (excluding diaryl/α,β-unsaturated/α-hetero) is 1. The van der Waals surface area contributed by atoms with Crippen LogP contribution in [0.4, 0.5) is 0 Å². The molecule has 0 aromatic heterocycles. The molecule has 0 unspecified atom stereocenters. The lowest BCUT2D eigenvalue weighted by molar-refractivity contribution is -0.150. The van der Waals surface area contributed by atoms with Gasteiger partial charge in [-0.15, -0.1) is 0 Å². The Balaban J connectivity index is 4.30. The van der Waals surface area contributed by atoms with Gasteiger partial charge < -0.3 is 9.47 Å². The van der Waals surface area contributed by atoms with Crippen LogP contribution in [0.25, 0.3) is 0 Å². The Morgan fingerprint density at radius 2 is 1.48 bits per heavy atom. The SMILES string of the molecule is CC(C)C(=O)OCCC(C)(C)OCC(C)(C)C(=O)C(C)C. The summed E-state index contributed by atoms with van der Waals surface area (Å²) in [6, 6.07) is 0. The first-order valence-corrected chi connectivity index (χ1v) is 7.74. The van der Waals surface area contributed by atoms with Gasteiger partial charge >= 0.3 is 5.97 Å². The topological polar surface area (TPSA) is 52.6 Å². The molecule has 0 heterocycles. The van der Waals surface area contributed by atoms with Crippen molar-refractivity contribution in [3.63, 3.8) is 0 Å². The highest BCUT2D eigenvalue weighted by molar-refractivity contribution is 5.85. The van der Waals surface area contributed by atoms with E-state index in [1.165, 1.54) is 0 Å². The molecule has 0 saturated heterocycles. The van der Waals surface area contributed by atoms with Crippen LogP contribution in [-0.2, 0) is 19.1 Å². The van der Waals surface area contributed by atoms with Gasteiger partial charge in [0.05, 0.1) is 24.7 Å². The van der Waals surface area contributed by atoms with E-state index in [9.17, 15) is 9.59 Å². The minimum atomic E-state index is -0.500. The van der Waals surface area contributed by atoms with Gasteiger partial charge in [0.1, 0.15) is 5.78 Å². The lowest BCUT2D eigenvalue weighted by atomic mass is 9.83. The van der Waals surface area contributed by atoms with Crippen molar-refractivity contribution in [2.45, 2.75) is 67.4 Å². The zero-order valence-electron chi connectivity index (χ0n) is 14.9. The zero-order valence-corrected chi connectivity index (χ0v) is 14.9. The molecule has 0 bridgehead atoms. The molecule has 0 N–H and O–H groups in total. The van der Waals surface area contributed by atoms with Crippen molar-refractivity contribution in [1.29, 1.82) is 0 Å². The van der Waals surface area contributed by atoms with E-state index in [1.807, 2.05) is 55.4 Å². The van der Waals surface area contributed by atoms with E-state index in [0.717, 1.165) is 0 Å². The minimum Gasteiger partial charge on any atom is -0.465 e. The molecule has 0 amide bonds. The zero-order chi connectivity index (χ0) is 16.8. The second kappa shape index (κ2) is 7.92. The maximum Gasteiger partial charge on any atom is 0.308 e. The monoisotopic (exact) mass is 300 g/mol. The Labute approximate surface area is 129 Å². The molecule has 0 aromatic carbocycles. The molecule has 0 saturated carbocycles. The first-order chi connectivity index (χ1) is 9.39. The van der Waals surface area contributed by atoms with Crippen molar-refractivity contribution >= 4 is 11.8 Å². The third-order valence-electron chi connectivity index (χ3n) is 3.44. The van der Waals surface area contributed by atoms with E-state index < -0.39 is 11.0 Å². The molecule has 21 heavy (non-hydrogen) atoms. The number of hydrogen-bond donors (Lipinski definition) is 0. The first kappa shape index (κ1) is 20.1. The van der Waals surface area contributed by atoms with Crippen LogP contribution in [0, 0.1) is 17.3 Å². The molecule has 0 atom stereocenters. The summed E-state index contributed by atoms with van der Waals surface area (Å²) in [6.07, 6.45) is 0.609. The van der Waals surface area contributed by atoms with Gasteiger partial charge in [0.15, 0.2) is 0 Å². The molecular weight excluding hydrogens is 268 g/mol. The van der Waals surface area contributed by atoms with Crippen molar-refractivity contribution in [2.75, 3.05) is 13.2 Å². The van der Waals surface area contributed by atoms with E-state index >= 15 is 0 Å². The summed E-state index contributed by atoms with van der Waals surface area (Å²) in [5.41, 5.74) is -0.925. The number of carbonyl (C=O) groups excluding carboxylic acids is 2. The maximum atomic E-state index is 12.1. The molecule has 4 heteroatoms. The van der Waals surface area contributed by atoms with Gasteiger partial charge in [-0.25, -0.2) is 0 Å².